The van der Waals surface area contributed by atoms with Gasteiger partial charge in [0.25, 0.3) is 0 Å². The largest absolute Gasteiger partial charge is 0.301 e. The molecule has 0 saturated carbocycles. The second-order valence-corrected chi connectivity index (χ2v) is 5.88. The quantitative estimate of drug-likeness (QED) is 0.905. The average Bonchev–Trinajstić information content (AvgIpc) is 2.96. The van der Waals surface area contributed by atoms with Crippen LogP contribution in [0.3, 0.4) is 0 Å². The number of nitrogens with one attached hydrogen (secondary N) is 1. The topological polar surface area (TPSA) is 42.0 Å². The van der Waals surface area contributed by atoms with Gasteiger partial charge in [-0.25, -0.2) is 4.98 Å². The number of benzene rings is 1. The Morgan fingerprint density at radius 1 is 1.41 bits per heavy atom. The van der Waals surface area contributed by atoms with Crippen molar-refractivity contribution in [2.75, 3.05) is 5.32 Å². The van der Waals surface area contributed by atoms with E-state index in [1.54, 1.807) is 18.0 Å². The van der Waals surface area contributed by atoms with Gasteiger partial charge in [0.15, 0.2) is 5.13 Å². The lowest BCUT2D eigenvalue weighted by Crippen LogP contribution is -2.24. The van der Waals surface area contributed by atoms with Gasteiger partial charge in [0.2, 0.25) is 5.91 Å². The molecule has 1 aromatic carbocycles. The molecule has 0 fully saturated rings. The van der Waals surface area contributed by atoms with Crippen molar-refractivity contribution >= 4 is 34.1 Å². The molecular weight excluding hydrogens is 252 g/mol. The molecule has 1 aromatic heterocycles. The van der Waals surface area contributed by atoms with E-state index in [-0.39, 0.29) is 11.2 Å². The molecule has 17 heavy (non-hydrogen) atoms. The summed E-state index contributed by atoms with van der Waals surface area (Å²) < 4.78 is 0. The molecule has 1 atom stereocenters. The van der Waals surface area contributed by atoms with Crippen molar-refractivity contribution in [3.05, 3.63) is 41.4 Å². The molecule has 1 aliphatic heterocycles. The Kier molecular flexibility index (Phi) is 2.86. The van der Waals surface area contributed by atoms with Gasteiger partial charge in [0.05, 0.1) is 5.25 Å². The third-order valence-corrected chi connectivity index (χ3v) is 4.61. The summed E-state index contributed by atoms with van der Waals surface area (Å²) in [4.78, 5) is 17.3. The Balaban J connectivity index is 1.70. The van der Waals surface area contributed by atoms with Crippen LogP contribution in [-0.2, 0) is 11.2 Å². The van der Waals surface area contributed by atoms with Gasteiger partial charge in [-0.2, -0.15) is 0 Å². The molecule has 2 aromatic rings. The first-order valence-electron chi connectivity index (χ1n) is 5.28. The van der Waals surface area contributed by atoms with Crippen LogP contribution in [0.2, 0.25) is 0 Å². The molecule has 0 radical (unpaired) electrons. The average molecular weight is 262 g/mol. The fraction of sp³-hybridized carbons (Fsp3) is 0.167. The zero-order chi connectivity index (χ0) is 11.7. The smallest absolute Gasteiger partial charge is 0.239 e. The first kappa shape index (κ1) is 10.8. The second kappa shape index (κ2) is 4.50. The van der Waals surface area contributed by atoms with Crippen LogP contribution in [0.15, 0.2) is 40.7 Å². The number of thioether (sulfide) groups is 1. The molecular formula is C12H10N2OS2. The van der Waals surface area contributed by atoms with Gasteiger partial charge in [-0.15, -0.1) is 23.1 Å². The van der Waals surface area contributed by atoms with Crippen molar-refractivity contribution in [1.82, 2.24) is 4.98 Å². The minimum atomic E-state index is -0.0312. The zero-order valence-corrected chi connectivity index (χ0v) is 10.6. The lowest BCUT2D eigenvalue weighted by molar-refractivity contribution is -0.115. The molecule has 2 heterocycles. The molecule has 86 valence electrons. The van der Waals surface area contributed by atoms with E-state index in [0.29, 0.717) is 5.13 Å². The Labute approximate surface area is 107 Å². The highest BCUT2D eigenvalue weighted by atomic mass is 32.2. The molecule has 3 rings (SSSR count). The van der Waals surface area contributed by atoms with Crippen molar-refractivity contribution in [2.45, 2.75) is 16.6 Å². The number of carbonyl (C=O) groups is 1. The highest BCUT2D eigenvalue weighted by Gasteiger charge is 2.28. The van der Waals surface area contributed by atoms with Gasteiger partial charge in [-0.3, -0.25) is 4.79 Å². The summed E-state index contributed by atoms with van der Waals surface area (Å²) in [6, 6.07) is 8.17. The van der Waals surface area contributed by atoms with Crippen LogP contribution >= 0.6 is 23.1 Å². The van der Waals surface area contributed by atoms with Crippen LogP contribution in [0.4, 0.5) is 5.13 Å². The molecule has 5 heteroatoms. The third kappa shape index (κ3) is 2.21. The van der Waals surface area contributed by atoms with Gasteiger partial charge in [-0.1, -0.05) is 18.2 Å². The van der Waals surface area contributed by atoms with Crippen LogP contribution in [0.25, 0.3) is 0 Å². The maximum Gasteiger partial charge on any atom is 0.239 e. The van der Waals surface area contributed by atoms with E-state index >= 15 is 0 Å². The normalized spacial score (nSPS) is 17.8. The molecule has 3 nitrogen and oxygen atoms in total. The van der Waals surface area contributed by atoms with Crippen molar-refractivity contribution in [3.63, 3.8) is 0 Å². The minimum absolute atomic E-state index is 0.0312. The van der Waals surface area contributed by atoms with Crippen molar-refractivity contribution < 1.29 is 4.79 Å². The standard InChI is InChI=1S/C12H10N2OS2/c15-11(14-12-13-5-6-16-12)10-7-8-3-1-2-4-9(8)17-10/h1-6,10H,7H2,(H,13,14,15)/t10-/m0/s1. The van der Waals surface area contributed by atoms with Gasteiger partial charge in [-0.05, 0) is 18.1 Å². The Morgan fingerprint density at radius 2 is 2.29 bits per heavy atom. The third-order valence-electron chi connectivity index (χ3n) is 2.60. The SMILES string of the molecule is O=C(Nc1nccs1)[C@@H]1Cc2ccccc2S1. The van der Waals surface area contributed by atoms with Crippen molar-refractivity contribution in [2.24, 2.45) is 0 Å². The Bertz CT molecular complexity index is 514. The fourth-order valence-electron chi connectivity index (χ4n) is 1.80. The van der Waals surface area contributed by atoms with Gasteiger partial charge in [0, 0.05) is 16.5 Å². The van der Waals surface area contributed by atoms with E-state index in [0.717, 1.165) is 6.42 Å². The summed E-state index contributed by atoms with van der Waals surface area (Å²) in [6.45, 7) is 0. The van der Waals surface area contributed by atoms with Crippen molar-refractivity contribution in [1.29, 1.82) is 0 Å². The number of carbonyl (C=O) groups excluding carboxylic acids is 1. The number of amides is 1. The zero-order valence-electron chi connectivity index (χ0n) is 8.92. The van der Waals surface area contributed by atoms with E-state index in [1.807, 2.05) is 17.5 Å². The summed E-state index contributed by atoms with van der Waals surface area (Å²) in [5, 5.41) is 5.34. The second-order valence-electron chi connectivity index (χ2n) is 3.74. The molecule has 0 saturated heterocycles. The summed E-state index contributed by atoms with van der Waals surface area (Å²) in [6.07, 6.45) is 2.49. The molecule has 1 N–H and O–H groups in total. The molecule has 1 aliphatic rings. The highest BCUT2D eigenvalue weighted by molar-refractivity contribution is 8.01. The van der Waals surface area contributed by atoms with Crippen LogP contribution in [0.5, 0.6) is 0 Å². The van der Waals surface area contributed by atoms with E-state index in [1.165, 1.54) is 21.8 Å². The number of hydrogen-bond donors (Lipinski definition) is 1. The Hall–Kier alpha value is -1.33. The predicted molar refractivity (Wildman–Crippen MR) is 70.5 cm³/mol. The fourth-order valence-corrected chi connectivity index (χ4v) is 3.53. The van der Waals surface area contributed by atoms with Gasteiger partial charge in [0.1, 0.15) is 0 Å². The summed E-state index contributed by atoms with van der Waals surface area (Å²) >= 11 is 3.07. The monoisotopic (exact) mass is 262 g/mol. The number of hydrogen-bond acceptors (Lipinski definition) is 4. The number of anilines is 1. The van der Waals surface area contributed by atoms with Gasteiger partial charge >= 0.3 is 0 Å². The lowest BCUT2D eigenvalue weighted by Gasteiger charge is -2.06. The first-order chi connectivity index (χ1) is 8.33. The van der Waals surface area contributed by atoms with Gasteiger partial charge < -0.3 is 5.32 Å². The van der Waals surface area contributed by atoms with Crippen LogP contribution in [0.1, 0.15) is 5.56 Å². The molecule has 0 bridgehead atoms. The predicted octanol–water partition coefficient (Wildman–Crippen LogP) is 2.80. The maximum absolute atomic E-state index is 12.0. The molecule has 1 amide bonds. The van der Waals surface area contributed by atoms with Crippen molar-refractivity contribution in [3.8, 4) is 0 Å². The number of thiazole rings is 1. The van der Waals surface area contributed by atoms with E-state index in [2.05, 4.69) is 22.4 Å². The number of rotatable bonds is 2. The number of nitrogens with zero attached hydrogens (tertiary/aromatic N) is 1. The number of fused-ring (bicyclic) bond motifs is 1. The lowest BCUT2D eigenvalue weighted by atomic mass is 10.1. The van der Waals surface area contributed by atoms with Crippen LogP contribution in [-0.4, -0.2) is 16.1 Å². The first-order valence-corrected chi connectivity index (χ1v) is 7.04. The molecule has 0 spiro atoms. The maximum atomic E-state index is 12.0. The van der Waals surface area contributed by atoms with Crippen LogP contribution in [0, 0.1) is 0 Å². The molecule has 0 aliphatic carbocycles. The van der Waals surface area contributed by atoms with E-state index in [4.69, 9.17) is 0 Å². The summed E-state index contributed by atoms with van der Waals surface area (Å²) in [7, 11) is 0. The Morgan fingerprint density at radius 3 is 3.06 bits per heavy atom. The van der Waals surface area contributed by atoms with E-state index < -0.39 is 0 Å². The van der Waals surface area contributed by atoms with Crippen LogP contribution < -0.4 is 5.32 Å². The summed E-state index contributed by atoms with van der Waals surface area (Å²) in [5.41, 5.74) is 1.26. The minimum Gasteiger partial charge on any atom is -0.301 e. The molecule has 0 unspecified atom stereocenters. The summed E-state index contributed by atoms with van der Waals surface area (Å²) in [5.74, 6) is 0.0427. The highest BCUT2D eigenvalue weighted by Crippen LogP contribution is 2.37. The van der Waals surface area contributed by atoms with E-state index in [9.17, 15) is 4.79 Å². The number of aromatic nitrogens is 1.